The predicted octanol–water partition coefficient (Wildman–Crippen LogP) is 6.15. The first-order valence-electron chi connectivity index (χ1n) is 11.1. The first-order chi connectivity index (χ1) is 15.8. The maximum atomic E-state index is 13.1. The number of hydrogen-bond acceptors (Lipinski definition) is 5. The molecule has 0 N–H and O–H groups in total. The Morgan fingerprint density at radius 2 is 1.78 bits per heavy atom. The lowest BCUT2D eigenvalue weighted by atomic mass is 10.0. The van der Waals surface area contributed by atoms with Gasteiger partial charge in [0.25, 0.3) is 0 Å². The van der Waals surface area contributed by atoms with Crippen LogP contribution in [0, 0.1) is 0 Å². The van der Waals surface area contributed by atoms with Crippen molar-refractivity contribution in [2.24, 2.45) is 0 Å². The molecule has 0 bridgehead atoms. The highest BCUT2D eigenvalue weighted by molar-refractivity contribution is 7.09. The topological polar surface area (TPSA) is 59.2 Å². The van der Waals surface area contributed by atoms with Gasteiger partial charge in [0.15, 0.2) is 11.7 Å². The molecule has 162 valence electrons. The van der Waals surface area contributed by atoms with Crippen molar-refractivity contribution in [2.75, 3.05) is 6.54 Å². The largest absolute Gasteiger partial charge is 0.440 e. The molecule has 4 aromatic rings. The zero-order chi connectivity index (χ0) is 21.8. The van der Waals surface area contributed by atoms with E-state index >= 15 is 0 Å². The van der Waals surface area contributed by atoms with Crippen molar-refractivity contribution in [3.63, 3.8) is 0 Å². The molecule has 0 aliphatic carbocycles. The number of rotatable bonds is 6. The van der Waals surface area contributed by atoms with E-state index in [-0.39, 0.29) is 11.9 Å². The van der Waals surface area contributed by atoms with Gasteiger partial charge in [-0.25, -0.2) is 9.97 Å². The summed E-state index contributed by atoms with van der Waals surface area (Å²) in [5.41, 5.74) is 2.81. The molecule has 1 amide bonds. The Bertz CT molecular complexity index is 1100. The number of amides is 1. The Balaban J connectivity index is 1.36. The zero-order valence-electron chi connectivity index (χ0n) is 17.8. The highest BCUT2D eigenvalue weighted by atomic mass is 32.1. The number of nitrogens with zero attached hydrogens (tertiary/aromatic N) is 3. The summed E-state index contributed by atoms with van der Waals surface area (Å²) in [5.74, 6) is 1.49. The van der Waals surface area contributed by atoms with Gasteiger partial charge < -0.3 is 9.32 Å². The van der Waals surface area contributed by atoms with Crippen LogP contribution in [-0.2, 0) is 11.2 Å². The summed E-state index contributed by atoms with van der Waals surface area (Å²) in [6.07, 6.45) is 5.84. The van der Waals surface area contributed by atoms with Crippen LogP contribution in [0.25, 0.3) is 22.6 Å². The van der Waals surface area contributed by atoms with Gasteiger partial charge in [-0.15, -0.1) is 11.3 Å². The second-order valence-corrected chi connectivity index (χ2v) is 8.91. The van der Waals surface area contributed by atoms with Gasteiger partial charge in [0.05, 0.1) is 6.04 Å². The fourth-order valence-electron chi connectivity index (χ4n) is 4.29. The summed E-state index contributed by atoms with van der Waals surface area (Å²) in [6, 6.07) is 20.2. The lowest BCUT2D eigenvalue weighted by molar-refractivity contribution is -0.135. The van der Waals surface area contributed by atoms with Gasteiger partial charge in [0.1, 0.15) is 10.7 Å². The second-order valence-electron chi connectivity index (χ2n) is 7.99. The third-order valence-electron chi connectivity index (χ3n) is 5.87. The van der Waals surface area contributed by atoms with E-state index in [1.807, 2.05) is 77.1 Å². The minimum atomic E-state index is 0.0977. The predicted molar refractivity (Wildman–Crippen MR) is 126 cm³/mol. The monoisotopic (exact) mass is 443 g/mol. The van der Waals surface area contributed by atoms with Crippen LogP contribution in [0.1, 0.15) is 42.6 Å². The van der Waals surface area contributed by atoms with Crippen LogP contribution in [0.2, 0.25) is 0 Å². The van der Waals surface area contributed by atoms with Crippen molar-refractivity contribution >= 4 is 17.2 Å². The molecule has 5 nitrogen and oxygen atoms in total. The normalized spacial score (nSPS) is 16.2. The molecule has 0 radical (unpaired) electrons. The van der Waals surface area contributed by atoms with Crippen LogP contribution in [0.15, 0.2) is 76.7 Å². The van der Waals surface area contributed by atoms with Crippen molar-refractivity contribution in [2.45, 2.75) is 38.1 Å². The van der Waals surface area contributed by atoms with E-state index in [1.165, 1.54) is 0 Å². The molecule has 1 unspecified atom stereocenters. The summed E-state index contributed by atoms with van der Waals surface area (Å²) in [6.45, 7) is 0.791. The number of aryl methyl sites for hydroxylation is 1. The summed E-state index contributed by atoms with van der Waals surface area (Å²) < 4.78 is 6.20. The van der Waals surface area contributed by atoms with Gasteiger partial charge in [-0.2, -0.15) is 0 Å². The zero-order valence-corrected chi connectivity index (χ0v) is 18.6. The summed E-state index contributed by atoms with van der Waals surface area (Å²) in [5, 5.41) is 3.02. The van der Waals surface area contributed by atoms with E-state index in [0.29, 0.717) is 18.7 Å². The number of oxazole rings is 1. The Morgan fingerprint density at radius 3 is 2.50 bits per heavy atom. The third kappa shape index (κ3) is 4.36. The fourth-order valence-corrected chi connectivity index (χ4v) is 5.08. The molecule has 32 heavy (non-hydrogen) atoms. The minimum Gasteiger partial charge on any atom is -0.440 e. The second kappa shape index (κ2) is 9.49. The Kier molecular flexibility index (Phi) is 6.12. The van der Waals surface area contributed by atoms with Crippen molar-refractivity contribution in [3.8, 4) is 22.6 Å². The van der Waals surface area contributed by atoms with Crippen molar-refractivity contribution in [1.82, 2.24) is 14.9 Å². The number of piperidine rings is 1. The van der Waals surface area contributed by atoms with Crippen LogP contribution >= 0.6 is 11.3 Å². The van der Waals surface area contributed by atoms with Crippen LogP contribution in [0.5, 0.6) is 0 Å². The molecule has 1 aliphatic heterocycles. The number of hydrogen-bond donors (Lipinski definition) is 0. The van der Waals surface area contributed by atoms with Crippen molar-refractivity contribution < 1.29 is 9.21 Å². The van der Waals surface area contributed by atoms with Crippen LogP contribution < -0.4 is 0 Å². The Hall–Kier alpha value is -3.25. The Labute approximate surface area is 191 Å². The molecule has 5 rings (SSSR count). The first-order valence-corrected chi connectivity index (χ1v) is 12.0. The SMILES string of the molecule is O=C(CCc1nc(-c2ccccc2)c(-c2ccccc2)o1)N1CCCCC1c1nccs1. The van der Waals surface area contributed by atoms with Crippen LogP contribution in [-0.4, -0.2) is 27.3 Å². The lowest BCUT2D eigenvalue weighted by Crippen LogP contribution is -2.38. The molecule has 1 fully saturated rings. The van der Waals surface area contributed by atoms with Crippen molar-refractivity contribution in [3.05, 3.63) is 83.1 Å². The number of likely N-dealkylation sites (tertiary alicyclic amines) is 1. The van der Waals surface area contributed by atoms with E-state index < -0.39 is 0 Å². The highest BCUT2D eigenvalue weighted by Crippen LogP contribution is 2.34. The molecular weight excluding hydrogens is 418 g/mol. The van der Waals surface area contributed by atoms with Gasteiger partial charge in [-0.3, -0.25) is 4.79 Å². The maximum absolute atomic E-state index is 13.1. The van der Waals surface area contributed by atoms with E-state index in [4.69, 9.17) is 9.40 Å². The minimum absolute atomic E-state index is 0.0977. The van der Waals surface area contributed by atoms with Crippen molar-refractivity contribution in [1.29, 1.82) is 0 Å². The molecule has 1 aliphatic rings. The first kappa shape index (κ1) is 20.6. The number of thiazole rings is 1. The van der Waals surface area contributed by atoms with Gasteiger partial charge in [-0.1, -0.05) is 60.7 Å². The molecule has 1 saturated heterocycles. The lowest BCUT2D eigenvalue weighted by Gasteiger charge is -2.34. The Morgan fingerprint density at radius 1 is 1.03 bits per heavy atom. The molecule has 2 aromatic heterocycles. The maximum Gasteiger partial charge on any atom is 0.223 e. The quantitative estimate of drug-likeness (QED) is 0.358. The molecule has 0 saturated carbocycles. The van der Waals surface area contributed by atoms with Gasteiger partial charge in [-0.05, 0) is 19.3 Å². The third-order valence-corrected chi connectivity index (χ3v) is 6.74. The van der Waals surface area contributed by atoms with Crippen LogP contribution in [0.3, 0.4) is 0 Å². The average molecular weight is 444 g/mol. The van der Waals surface area contributed by atoms with E-state index in [0.717, 1.165) is 53.4 Å². The van der Waals surface area contributed by atoms with E-state index in [1.54, 1.807) is 11.3 Å². The number of benzene rings is 2. The summed E-state index contributed by atoms with van der Waals surface area (Å²) >= 11 is 1.63. The smallest absolute Gasteiger partial charge is 0.223 e. The number of aromatic nitrogens is 2. The van der Waals surface area contributed by atoms with Gasteiger partial charge >= 0.3 is 0 Å². The molecule has 1 atom stereocenters. The summed E-state index contributed by atoms with van der Waals surface area (Å²) in [4.78, 5) is 24.4. The average Bonchev–Trinajstić information content (AvgIpc) is 3.54. The number of carbonyl (C=O) groups is 1. The van der Waals surface area contributed by atoms with E-state index in [2.05, 4.69) is 4.98 Å². The number of carbonyl (C=O) groups excluding carboxylic acids is 1. The summed E-state index contributed by atoms with van der Waals surface area (Å²) in [7, 11) is 0. The standard InChI is InChI=1S/C26H25N3O2S/c30-23(29-17-8-7-13-21(29)26-27-16-18-32-26)15-14-22-28-24(19-9-3-1-4-10-19)25(31-22)20-11-5-2-6-12-20/h1-6,9-12,16,18,21H,7-8,13-15,17H2. The molecule has 2 aromatic carbocycles. The molecule has 6 heteroatoms. The van der Waals surface area contributed by atoms with Gasteiger partial charge in [0.2, 0.25) is 5.91 Å². The molecule has 3 heterocycles. The fraction of sp³-hybridized carbons (Fsp3) is 0.269. The molecular formula is C26H25N3O2S. The van der Waals surface area contributed by atoms with Gasteiger partial charge in [0, 0.05) is 42.1 Å². The van der Waals surface area contributed by atoms with E-state index in [9.17, 15) is 4.79 Å². The van der Waals surface area contributed by atoms with Crippen LogP contribution in [0.4, 0.5) is 0 Å². The highest BCUT2D eigenvalue weighted by Gasteiger charge is 2.29. The molecule has 0 spiro atoms.